The number of fused-ring (bicyclic) bond motifs is 1. The SMILES string of the molecule is CN(C(=O)OC(C)(C)C)c1ccc(-c2ccc(-c3nc4ccc(CCC(O)CF)cc4s3)cc2)cn1. The number of alkyl halides is 1. The Kier molecular flexibility index (Phi) is 7.66. The summed E-state index contributed by atoms with van der Waals surface area (Å²) in [6.07, 6.45) is 1.41. The van der Waals surface area contributed by atoms with Gasteiger partial charge < -0.3 is 9.84 Å². The van der Waals surface area contributed by atoms with Crippen LogP contribution in [-0.4, -0.2) is 46.6 Å². The van der Waals surface area contributed by atoms with Crippen LogP contribution in [0.2, 0.25) is 0 Å². The molecule has 4 aromatic rings. The van der Waals surface area contributed by atoms with Gasteiger partial charge in [-0.1, -0.05) is 30.3 Å². The maximum absolute atomic E-state index is 12.5. The number of nitrogens with zero attached hydrogens (tertiary/aromatic N) is 3. The highest BCUT2D eigenvalue weighted by atomic mass is 32.1. The first-order valence-electron chi connectivity index (χ1n) is 11.8. The number of hydrogen-bond acceptors (Lipinski definition) is 6. The Balaban J connectivity index is 1.46. The van der Waals surface area contributed by atoms with E-state index in [2.05, 4.69) is 11.1 Å². The number of benzene rings is 2. The number of thiazole rings is 1. The molecule has 8 heteroatoms. The minimum Gasteiger partial charge on any atom is -0.443 e. The van der Waals surface area contributed by atoms with Gasteiger partial charge in [0.25, 0.3) is 0 Å². The molecule has 1 unspecified atom stereocenters. The predicted octanol–water partition coefficient (Wildman–Crippen LogP) is 6.66. The molecule has 4 rings (SSSR count). The van der Waals surface area contributed by atoms with Crippen LogP contribution in [0.5, 0.6) is 0 Å². The van der Waals surface area contributed by atoms with E-state index in [0.29, 0.717) is 18.7 Å². The van der Waals surface area contributed by atoms with Crippen LogP contribution in [0.1, 0.15) is 32.8 Å². The lowest BCUT2D eigenvalue weighted by Crippen LogP contribution is -2.34. The van der Waals surface area contributed by atoms with E-state index in [9.17, 15) is 14.3 Å². The van der Waals surface area contributed by atoms with Crippen LogP contribution in [0.15, 0.2) is 60.8 Å². The lowest BCUT2D eigenvalue weighted by atomic mass is 10.1. The average Bonchev–Trinajstić information content (AvgIpc) is 3.29. The Morgan fingerprint density at radius 1 is 1.08 bits per heavy atom. The van der Waals surface area contributed by atoms with E-state index >= 15 is 0 Å². The van der Waals surface area contributed by atoms with Crippen molar-refractivity contribution < 1.29 is 19.0 Å². The van der Waals surface area contributed by atoms with Crippen molar-refractivity contribution in [1.82, 2.24) is 9.97 Å². The summed E-state index contributed by atoms with van der Waals surface area (Å²) in [5, 5.41) is 10.4. The summed E-state index contributed by atoms with van der Waals surface area (Å²) < 4.78 is 19.0. The van der Waals surface area contributed by atoms with Crippen LogP contribution in [0, 0.1) is 0 Å². The van der Waals surface area contributed by atoms with E-state index in [1.165, 1.54) is 4.90 Å². The van der Waals surface area contributed by atoms with Crippen molar-refractivity contribution in [1.29, 1.82) is 0 Å². The second-order valence-electron chi connectivity index (χ2n) is 9.69. The fraction of sp³-hybridized carbons (Fsp3) is 0.321. The van der Waals surface area contributed by atoms with Gasteiger partial charge in [0.15, 0.2) is 0 Å². The molecule has 0 aliphatic rings. The summed E-state index contributed by atoms with van der Waals surface area (Å²) in [7, 11) is 1.64. The topological polar surface area (TPSA) is 75.6 Å². The van der Waals surface area contributed by atoms with Crippen LogP contribution >= 0.6 is 11.3 Å². The number of ether oxygens (including phenoxy) is 1. The number of aromatic nitrogens is 2. The fourth-order valence-corrected chi connectivity index (χ4v) is 4.68. The number of anilines is 1. The molecule has 6 nitrogen and oxygen atoms in total. The number of halogens is 1. The minimum atomic E-state index is -0.909. The van der Waals surface area contributed by atoms with Gasteiger partial charge in [-0.2, -0.15) is 0 Å². The number of pyridine rings is 1. The first kappa shape index (κ1) is 25.7. The Bertz CT molecular complexity index is 1330. The van der Waals surface area contributed by atoms with Gasteiger partial charge in [-0.15, -0.1) is 11.3 Å². The van der Waals surface area contributed by atoms with Gasteiger partial charge in [0.05, 0.1) is 16.3 Å². The smallest absolute Gasteiger partial charge is 0.415 e. The molecule has 2 aromatic carbocycles. The third-order valence-corrected chi connectivity index (χ3v) is 6.69. The third kappa shape index (κ3) is 6.25. The summed E-state index contributed by atoms with van der Waals surface area (Å²) in [6, 6.07) is 17.9. The van der Waals surface area contributed by atoms with E-state index in [1.807, 2.05) is 63.2 Å². The van der Waals surface area contributed by atoms with Crippen LogP contribution < -0.4 is 4.90 Å². The molecule has 2 aromatic heterocycles. The number of carbonyl (C=O) groups is 1. The second-order valence-corrected chi connectivity index (χ2v) is 10.7. The maximum atomic E-state index is 12.5. The molecule has 1 atom stereocenters. The Morgan fingerprint density at radius 3 is 2.42 bits per heavy atom. The molecular formula is C28H30FN3O3S. The van der Waals surface area contributed by atoms with Crippen molar-refractivity contribution in [3.8, 4) is 21.7 Å². The number of hydrogen-bond donors (Lipinski definition) is 1. The van der Waals surface area contributed by atoms with Gasteiger partial charge in [-0.05, 0) is 69.0 Å². The van der Waals surface area contributed by atoms with Gasteiger partial charge in [0.2, 0.25) is 0 Å². The number of aliphatic hydroxyl groups excluding tert-OH is 1. The lowest BCUT2D eigenvalue weighted by molar-refractivity contribution is 0.0588. The predicted molar refractivity (Wildman–Crippen MR) is 143 cm³/mol. The molecule has 0 saturated carbocycles. The molecule has 0 bridgehead atoms. The van der Waals surface area contributed by atoms with Gasteiger partial charge in [0, 0.05) is 24.4 Å². The molecule has 0 fully saturated rings. The molecular weight excluding hydrogens is 477 g/mol. The molecule has 1 amide bonds. The average molecular weight is 508 g/mol. The first-order chi connectivity index (χ1) is 17.1. The van der Waals surface area contributed by atoms with Crippen molar-refractivity contribution in [2.45, 2.75) is 45.3 Å². The zero-order valence-corrected chi connectivity index (χ0v) is 21.7. The van der Waals surface area contributed by atoms with E-state index in [-0.39, 0.29) is 0 Å². The quantitative estimate of drug-likeness (QED) is 0.303. The molecule has 0 radical (unpaired) electrons. The van der Waals surface area contributed by atoms with Crippen molar-refractivity contribution in [3.63, 3.8) is 0 Å². The summed E-state index contributed by atoms with van der Waals surface area (Å²) in [6.45, 7) is 4.77. The maximum Gasteiger partial charge on any atom is 0.415 e. The highest BCUT2D eigenvalue weighted by Crippen LogP contribution is 2.32. The van der Waals surface area contributed by atoms with Crippen LogP contribution in [0.25, 0.3) is 31.9 Å². The molecule has 1 N–H and O–H groups in total. The Hall–Kier alpha value is -3.36. The zero-order chi connectivity index (χ0) is 25.9. The molecule has 0 saturated heterocycles. The Labute approximate surface area is 214 Å². The van der Waals surface area contributed by atoms with E-state index < -0.39 is 24.5 Å². The highest BCUT2D eigenvalue weighted by molar-refractivity contribution is 7.21. The number of rotatable bonds is 7. The third-order valence-electron chi connectivity index (χ3n) is 5.62. The van der Waals surface area contributed by atoms with E-state index in [4.69, 9.17) is 9.72 Å². The largest absolute Gasteiger partial charge is 0.443 e. The van der Waals surface area contributed by atoms with E-state index in [0.717, 1.165) is 37.5 Å². The van der Waals surface area contributed by atoms with Crippen molar-refractivity contribution in [2.24, 2.45) is 0 Å². The van der Waals surface area contributed by atoms with Gasteiger partial charge in [-0.25, -0.2) is 19.2 Å². The molecule has 36 heavy (non-hydrogen) atoms. The van der Waals surface area contributed by atoms with Gasteiger partial charge in [-0.3, -0.25) is 4.90 Å². The Morgan fingerprint density at radius 2 is 1.78 bits per heavy atom. The summed E-state index contributed by atoms with van der Waals surface area (Å²) in [5.74, 6) is 0.512. The number of aryl methyl sites for hydroxylation is 1. The van der Waals surface area contributed by atoms with Gasteiger partial charge >= 0.3 is 6.09 Å². The van der Waals surface area contributed by atoms with Crippen molar-refractivity contribution in [2.75, 3.05) is 18.6 Å². The number of aliphatic hydroxyl groups is 1. The molecule has 2 heterocycles. The summed E-state index contributed by atoms with van der Waals surface area (Å²) >= 11 is 1.61. The number of carbonyl (C=O) groups excluding carboxylic acids is 1. The fourth-order valence-electron chi connectivity index (χ4n) is 3.64. The van der Waals surface area contributed by atoms with Gasteiger partial charge in [0.1, 0.15) is 23.1 Å². The van der Waals surface area contributed by atoms with Crippen LogP contribution in [-0.2, 0) is 11.2 Å². The lowest BCUT2D eigenvalue weighted by Gasteiger charge is -2.24. The standard InChI is InChI=1S/C28H30FN3O3S/c1-28(2,3)35-27(34)32(4)25-14-11-21(17-30-25)19-7-9-20(10-8-19)26-31-23-13-6-18(15-24(23)36-26)5-12-22(33)16-29/h6-11,13-15,17,22,33H,5,12,16H2,1-4H3. The van der Waals surface area contributed by atoms with Crippen molar-refractivity contribution >= 4 is 33.5 Å². The molecule has 188 valence electrons. The first-order valence-corrected chi connectivity index (χ1v) is 12.6. The highest BCUT2D eigenvalue weighted by Gasteiger charge is 2.21. The second kappa shape index (κ2) is 10.7. The monoisotopic (exact) mass is 507 g/mol. The number of amides is 1. The molecule has 0 aliphatic heterocycles. The molecule has 0 spiro atoms. The van der Waals surface area contributed by atoms with Crippen LogP contribution in [0.3, 0.4) is 0 Å². The summed E-state index contributed by atoms with van der Waals surface area (Å²) in [5.41, 5.74) is 4.37. The normalized spacial score (nSPS) is 12.5. The molecule has 0 aliphatic carbocycles. The zero-order valence-electron chi connectivity index (χ0n) is 20.9. The minimum absolute atomic E-state index is 0.405. The van der Waals surface area contributed by atoms with E-state index in [1.54, 1.807) is 30.6 Å². The summed E-state index contributed by atoms with van der Waals surface area (Å²) in [4.78, 5) is 22.9. The van der Waals surface area contributed by atoms with Crippen molar-refractivity contribution in [3.05, 3.63) is 66.4 Å². The van der Waals surface area contributed by atoms with Crippen LogP contribution in [0.4, 0.5) is 15.0 Å².